The fourth-order valence-corrected chi connectivity index (χ4v) is 3.99. The lowest BCUT2D eigenvalue weighted by atomic mass is 10.1. The SMILES string of the molecule is O=C(NCc1cccc(CN2CCCC2)c1)c1ccc(OCc2ccccc2Cl)cc1. The standard InChI is InChI=1S/C26H27ClN2O2/c27-25-9-2-1-8-23(25)19-31-24-12-10-22(11-13-24)26(30)28-17-20-6-5-7-21(16-20)18-29-14-3-4-15-29/h1-2,5-13,16H,3-4,14-15,17-19H2,(H,28,30). The molecule has 1 aliphatic heterocycles. The van der Waals surface area contributed by atoms with Crippen molar-refractivity contribution in [3.8, 4) is 5.75 Å². The first kappa shape index (κ1) is 21.4. The quantitative estimate of drug-likeness (QED) is 0.513. The number of carbonyl (C=O) groups is 1. The number of halogens is 1. The Hall–Kier alpha value is -2.82. The molecule has 4 rings (SSSR count). The van der Waals surface area contributed by atoms with Gasteiger partial charge in [-0.1, -0.05) is 54.1 Å². The van der Waals surface area contributed by atoms with Gasteiger partial charge in [-0.15, -0.1) is 0 Å². The summed E-state index contributed by atoms with van der Waals surface area (Å²) in [6.07, 6.45) is 2.58. The molecule has 1 amide bonds. The van der Waals surface area contributed by atoms with E-state index in [0.717, 1.165) is 17.7 Å². The van der Waals surface area contributed by atoms with Crippen LogP contribution in [0.2, 0.25) is 5.02 Å². The van der Waals surface area contributed by atoms with Gasteiger partial charge in [0.25, 0.3) is 5.91 Å². The summed E-state index contributed by atoms with van der Waals surface area (Å²) in [4.78, 5) is 15.0. The van der Waals surface area contributed by atoms with Gasteiger partial charge in [-0.3, -0.25) is 9.69 Å². The first-order chi connectivity index (χ1) is 15.2. The largest absolute Gasteiger partial charge is 0.489 e. The molecule has 5 heteroatoms. The molecular weight excluding hydrogens is 408 g/mol. The molecule has 0 radical (unpaired) electrons. The lowest BCUT2D eigenvalue weighted by molar-refractivity contribution is 0.0951. The van der Waals surface area contributed by atoms with Gasteiger partial charge in [-0.25, -0.2) is 0 Å². The normalized spacial score (nSPS) is 13.8. The number of nitrogens with zero attached hydrogens (tertiary/aromatic N) is 1. The van der Waals surface area contributed by atoms with E-state index < -0.39 is 0 Å². The minimum atomic E-state index is -0.0948. The van der Waals surface area contributed by atoms with E-state index in [1.807, 2.05) is 36.4 Å². The summed E-state index contributed by atoms with van der Waals surface area (Å²) in [7, 11) is 0. The van der Waals surface area contributed by atoms with Gasteiger partial charge in [-0.05, 0) is 67.4 Å². The molecule has 1 aliphatic rings. The van der Waals surface area contributed by atoms with Crippen LogP contribution in [0.25, 0.3) is 0 Å². The molecule has 1 fully saturated rings. The van der Waals surface area contributed by atoms with E-state index >= 15 is 0 Å². The fraction of sp³-hybridized carbons (Fsp3) is 0.269. The van der Waals surface area contributed by atoms with Crippen LogP contribution in [-0.4, -0.2) is 23.9 Å². The van der Waals surface area contributed by atoms with Crippen LogP contribution in [0.1, 0.15) is 39.9 Å². The van der Waals surface area contributed by atoms with Gasteiger partial charge < -0.3 is 10.1 Å². The Morgan fingerprint density at radius 1 is 0.935 bits per heavy atom. The maximum atomic E-state index is 12.5. The lowest BCUT2D eigenvalue weighted by Gasteiger charge is -2.15. The molecule has 0 atom stereocenters. The van der Waals surface area contributed by atoms with E-state index in [-0.39, 0.29) is 5.91 Å². The highest BCUT2D eigenvalue weighted by Gasteiger charge is 2.12. The van der Waals surface area contributed by atoms with Gasteiger partial charge in [0.05, 0.1) is 0 Å². The lowest BCUT2D eigenvalue weighted by Crippen LogP contribution is -2.23. The Balaban J connectivity index is 1.28. The second kappa shape index (κ2) is 10.5. The highest BCUT2D eigenvalue weighted by Crippen LogP contribution is 2.19. The van der Waals surface area contributed by atoms with Crippen LogP contribution in [0.5, 0.6) is 5.75 Å². The van der Waals surface area contributed by atoms with Crippen LogP contribution in [0, 0.1) is 0 Å². The van der Waals surface area contributed by atoms with Gasteiger partial charge in [0.1, 0.15) is 12.4 Å². The van der Waals surface area contributed by atoms with E-state index in [1.54, 1.807) is 12.1 Å². The van der Waals surface area contributed by atoms with Gasteiger partial charge in [0.15, 0.2) is 0 Å². The average Bonchev–Trinajstić information content (AvgIpc) is 3.30. The highest BCUT2D eigenvalue weighted by atomic mass is 35.5. The predicted molar refractivity (Wildman–Crippen MR) is 124 cm³/mol. The second-order valence-electron chi connectivity index (χ2n) is 7.89. The zero-order valence-corrected chi connectivity index (χ0v) is 18.3. The average molecular weight is 435 g/mol. The summed E-state index contributed by atoms with van der Waals surface area (Å²) in [6.45, 7) is 4.24. The van der Waals surface area contributed by atoms with Crippen molar-refractivity contribution in [2.75, 3.05) is 13.1 Å². The molecule has 3 aromatic rings. The third-order valence-corrected chi connectivity index (χ3v) is 5.89. The minimum Gasteiger partial charge on any atom is -0.489 e. The molecule has 1 N–H and O–H groups in total. The zero-order valence-electron chi connectivity index (χ0n) is 17.5. The molecule has 0 unspecified atom stereocenters. The van der Waals surface area contributed by atoms with E-state index in [1.165, 1.54) is 31.5 Å². The number of nitrogens with one attached hydrogen (secondary N) is 1. The summed E-state index contributed by atoms with van der Waals surface area (Å²) < 4.78 is 5.78. The molecule has 0 saturated carbocycles. The first-order valence-corrected chi connectivity index (χ1v) is 11.1. The molecule has 3 aromatic carbocycles. The Kier molecular flexibility index (Phi) is 7.23. The predicted octanol–water partition coefficient (Wildman–Crippen LogP) is 5.44. The number of amides is 1. The number of hydrogen-bond donors (Lipinski definition) is 1. The van der Waals surface area contributed by atoms with Crippen molar-refractivity contribution < 1.29 is 9.53 Å². The van der Waals surface area contributed by atoms with Crippen molar-refractivity contribution in [2.45, 2.75) is 32.5 Å². The highest BCUT2D eigenvalue weighted by molar-refractivity contribution is 6.31. The molecule has 1 saturated heterocycles. The maximum Gasteiger partial charge on any atom is 0.251 e. The van der Waals surface area contributed by atoms with Crippen LogP contribution in [-0.2, 0) is 19.7 Å². The summed E-state index contributed by atoms with van der Waals surface area (Å²) in [5.41, 5.74) is 3.95. The van der Waals surface area contributed by atoms with E-state index in [2.05, 4.69) is 34.5 Å². The van der Waals surface area contributed by atoms with Crippen LogP contribution < -0.4 is 10.1 Å². The summed E-state index contributed by atoms with van der Waals surface area (Å²) in [5, 5.41) is 3.69. The molecule has 160 valence electrons. The number of carbonyl (C=O) groups excluding carboxylic acids is 1. The zero-order chi connectivity index (χ0) is 21.5. The number of ether oxygens (including phenoxy) is 1. The van der Waals surface area contributed by atoms with Crippen molar-refractivity contribution in [1.82, 2.24) is 10.2 Å². The third-order valence-electron chi connectivity index (χ3n) is 5.52. The fourth-order valence-electron chi connectivity index (χ4n) is 3.80. The smallest absolute Gasteiger partial charge is 0.251 e. The minimum absolute atomic E-state index is 0.0948. The molecule has 31 heavy (non-hydrogen) atoms. The van der Waals surface area contributed by atoms with Crippen LogP contribution in [0.4, 0.5) is 0 Å². The van der Waals surface area contributed by atoms with Crippen molar-refractivity contribution in [3.05, 3.63) is 100 Å². The second-order valence-corrected chi connectivity index (χ2v) is 8.30. The van der Waals surface area contributed by atoms with E-state index in [4.69, 9.17) is 16.3 Å². The maximum absolute atomic E-state index is 12.5. The third kappa shape index (κ3) is 6.09. The Morgan fingerprint density at radius 2 is 1.68 bits per heavy atom. The van der Waals surface area contributed by atoms with Crippen molar-refractivity contribution in [1.29, 1.82) is 0 Å². The van der Waals surface area contributed by atoms with Crippen molar-refractivity contribution in [3.63, 3.8) is 0 Å². The van der Waals surface area contributed by atoms with Crippen LogP contribution in [0.3, 0.4) is 0 Å². The Morgan fingerprint density at radius 3 is 2.45 bits per heavy atom. The molecule has 0 bridgehead atoms. The monoisotopic (exact) mass is 434 g/mol. The molecular formula is C26H27ClN2O2. The Labute approximate surface area is 188 Å². The van der Waals surface area contributed by atoms with E-state index in [0.29, 0.717) is 29.5 Å². The van der Waals surface area contributed by atoms with E-state index in [9.17, 15) is 4.79 Å². The van der Waals surface area contributed by atoms with Crippen molar-refractivity contribution >= 4 is 17.5 Å². The molecule has 4 nitrogen and oxygen atoms in total. The molecule has 1 heterocycles. The number of likely N-dealkylation sites (tertiary alicyclic amines) is 1. The van der Waals surface area contributed by atoms with Crippen LogP contribution >= 0.6 is 11.6 Å². The number of hydrogen-bond acceptors (Lipinski definition) is 3. The van der Waals surface area contributed by atoms with Crippen molar-refractivity contribution in [2.24, 2.45) is 0 Å². The first-order valence-electron chi connectivity index (χ1n) is 10.7. The molecule has 0 aliphatic carbocycles. The topological polar surface area (TPSA) is 41.6 Å². The molecule has 0 aromatic heterocycles. The Bertz CT molecular complexity index is 1010. The summed E-state index contributed by atoms with van der Waals surface area (Å²) in [5.74, 6) is 0.605. The summed E-state index contributed by atoms with van der Waals surface area (Å²) >= 11 is 6.16. The van der Waals surface area contributed by atoms with Crippen LogP contribution in [0.15, 0.2) is 72.8 Å². The van der Waals surface area contributed by atoms with Gasteiger partial charge in [0, 0.05) is 29.2 Å². The number of rotatable bonds is 8. The molecule has 0 spiro atoms. The summed E-state index contributed by atoms with van der Waals surface area (Å²) in [6, 6.07) is 23.2. The van der Waals surface area contributed by atoms with Gasteiger partial charge >= 0.3 is 0 Å². The van der Waals surface area contributed by atoms with Gasteiger partial charge in [-0.2, -0.15) is 0 Å². The number of benzene rings is 3. The van der Waals surface area contributed by atoms with Gasteiger partial charge in [0.2, 0.25) is 0 Å².